The first-order valence-corrected chi connectivity index (χ1v) is 20.2. The van der Waals surface area contributed by atoms with Crippen LogP contribution in [-0.2, 0) is 4.57 Å². The summed E-state index contributed by atoms with van der Waals surface area (Å²) in [6.45, 7) is 0. The Bertz CT molecular complexity index is 2740. The van der Waals surface area contributed by atoms with E-state index < -0.39 is 7.82 Å². The van der Waals surface area contributed by atoms with Gasteiger partial charge in [-0.3, -0.25) is 0 Å². The first kappa shape index (κ1) is 36.8. The fraction of sp³-hybridized carbons (Fsp3) is 0. The van der Waals surface area contributed by atoms with Gasteiger partial charge in [-0.05, 0) is 72.8 Å². The number of nitrogens with zero attached hydrogens (tertiary/aromatic N) is 6. The van der Waals surface area contributed by atoms with E-state index in [9.17, 15) is 0 Å². The maximum Gasteiger partial charge on any atom is 0.647 e. The van der Waals surface area contributed by atoms with E-state index in [0.29, 0.717) is 50.3 Å². The Hall–Kier alpha value is -7.81. The number of hydrogen-bond donors (Lipinski definition) is 0. The lowest BCUT2D eigenvalue weighted by Gasteiger charge is -2.22. The van der Waals surface area contributed by atoms with E-state index in [4.69, 9.17) is 13.6 Å². The summed E-state index contributed by atoms with van der Waals surface area (Å²) in [4.78, 5) is 0. The molecule has 0 heterocycles. The molecule has 0 fully saturated rings. The second-order valence-corrected chi connectivity index (χ2v) is 14.7. The van der Waals surface area contributed by atoms with Crippen molar-refractivity contribution in [1.82, 2.24) is 0 Å². The molecule has 9 aromatic carbocycles. The summed E-state index contributed by atoms with van der Waals surface area (Å²) in [5, 5.41) is 31.0. The van der Waals surface area contributed by atoms with Crippen LogP contribution in [0.2, 0.25) is 0 Å². The molecule has 0 atom stereocenters. The lowest BCUT2D eigenvalue weighted by Crippen LogP contribution is -2.08. The topological polar surface area (TPSA) is 119 Å². The van der Waals surface area contributed by atoms with Crippen molar-refractivity contribution in [1.29, 1.82) is 0 Å². The van der Waals surface area contributed by atoms with Crippen LogP contribution in [0.15, 0.2) is 231 Å². The van der Waals surface area contributed by atoms with Crippen LogP contribution in [0.3, 0.4) is 0 Å². The molecule has 0 aliphatic carbocycles. The molecule has 10 nitrogen and oxygen atoms in total. The first-order valence-electron chi connectivity index (χ1n) is 18.7. The van der Waals surface area contributed by atoms with Gasteiger partial charge in [-0.2, -0.15) is 19.9 Å². The zero-order valence-electron chi connectivity index (χ0n) is 31.3. The lowest BCUT2D eigenvalue weighted by atomic mass is 10.1. The zero-order valence-corrected chi connectivity index (χ0v) is 32.2. The SMILES string of the molecule is O=P(Oc1ccc(/N=N/c2ccccc2)c2ccccc12)(Oc1ccc(/N=N/c2ccccc2)c2ccccc12)Oc1ccc(/N=N/c2ccccc2)c2ccccc12. The summed E-state index contributed by atoms with van der Waals surface area (Å²) < 4.78 is 34.8. The van der Waals surface area contributed by atoms with Crippen molar-refractivity contribution in [3.05, 3.63) is 200 Å². The summed E-state index contributed by atoms with van der Waals surface area (Å²) >= 11 is 0. The van der Waals surface area contributed by atoms with E-state index in [0.717, 1.165) is 16.2 Å². The molecule has 0 radical (unpaired) electrons. The van der Waals surface area contributed by atoms with Crippen LogP contribution >= 0.6 is 7.82 Å². The largest absolute Gasteiger partial charge is 0.647 e. The van der Waals surface area contributed by atoms with Gasteiger partial charge >= 0.3 is 7.82 Å². The minimum atomic E-state index is -4.60. The average molecular weight is 789 g/mol. The summed E-state index contributed by atoms with van der Waals surface area (Å²) in [6, 6.07) is 61.4. The van der Waals surface area contributed by atoms with Gasteiger partial charge < -0.3 is 13.6 Å². The Morgan fingerprint density at radius 2 is 0.525 bits per heavy atom. The minimum absolute atomic E-state index is 0.262. The highest BCUT2D eigenvalue weighted by molar-refractivity contribution is 7.49. The number of benzene rings is 9. The van der Waals surface area contributed by atoms with Crippen LogP contribution in [0, 0.1) is 0 Å². The Balaban J connectivity index is 1.13. The van der Waals surface area contributed by atoms with Gasteiger partial charge in [-0.1, -0.05) is 127 Å². The summed E-state index contributed by atoms with van der Waals surface area (Å²) in [5.41, 5.74) is 3.94. The van der Waals surface area contributed by atoms with E-state index in [2.05, 4.69) is 30.7 Å². The van der Waals surface area contributed by atoms with Gasteiger partial charge in [-0.25, -0.2) is 0 Å². The molecule has 0 amide bonds. The van der Waals surface area contributed by atoms with E-state index in [-0.39, 0.29) is 17.2 Å². The molecular weight excluding hydrogens is 756 g/mol. The van der Waals surface area contributed by atoms with Crippen molar-refractivity contribution in [2.45, 2.75) is 0 Å². The van der Waals surface area contributed by atoms with Gasteiger partial charge in [0.2, 0.25) is 0 Å². The van der Waals surface area contributed by atoms with Crippen molar-refractivity contribution in [3.63, 3.8) is 0 Å². The van der Waals surface area contributed by atoms with Gasteiger partial charge in [-0.15, -0.1) is 15.3 Å². The molecule has 0 spiro atoms. The lowest BCUT2D eigenvalue weighted by molar-refractivity contribution is 0.302. The third kappa shape index (κ3) is 8.34. The highest BCUT2D eigenvalue weighted by Gasteiger charge is 2.35. The second-order valence-electron chi connectivity index (χ2n) is 13.2. The van der Waals surface area contributed by atoms with Gasteiger partial charge in [0, 0.05) is 32.3 Å². The molecule has 0 N–H and O–H groups in total. The molecule has 11 heteroatoms. The standard InChI is InChI=1S/C48H33N6O4P/c55-59(56-46-31-28-43(37-22-10-13-25-40(37)46)52-49-34-16-4-1-5-17-34,57-47-32-29-44(38-23-11-14-26-41(38)47)53-50-35-18-6-2-7-19-35)58-48-33-30-45(39-24-12-15-27-42(39)48)54-51-36-20-8-3-9-21-36/h1-33H/b52-49+,53-50+,54-51+. The smallest absolute Gasteiger partial charge is 0.385 e. The number of azo groups is 3. The molecule has 9 aromatic rings. The molecule has 0 unspecified atom stereocenters. The molecule has 9 rings (SSSR count). The Kier molecular flexibility index (Phi) is 10.4. The van der Waals surface area contributed by atoms with Crippen LogP contribution in [0.5, 0.6) is 17.2 Å². The first-order chi connectivity index (χ1) is 29.1. The number of phosphoric acid groups is 1. The van der Waals surface area contributed by atoms with Crippen molar-refractivity contribution in [3.8, 4) is 17.2 Å². The fourth-order valence-corrected chi connectivity index (χ4v) is 7.82. The van der Waals surface area contributed by atoms with Gasteiger partial charge in [0.15, 0.2) is 0 Å². The molecule has 284 valence electrons. The number of phosphoric ester groups is 1. The van der Waals surface area contributed by atoms with Crippen LogP contribution in [0.25, 0.3) is 32.3 Å². The van der Waals surface area contributed by atoms with E-state index in [1.54, 1.807) is 36.4 Å². The zero-order chi connectivity index (χ0) is 39.9. The fourth-order valence-electron chi connectivity index (χ4n) is 6.50. The highest BCUT2D eigenvalue weighted by atomic mass is 31.2. The molecule has 0 saturated carbocycles. The quantitative estimate of drug-likeness (QED) is 0.0904. The summed E-state index contributed by atoms with van der Waals surface area (Å²) in [6.07, 6.45) is 0. The molecule has 0 aliphatic heterocycles. The van der Waals surface area contributed by atoms with Crippen LogP contribution in [-0.4, -0.2) is 0 Å². The van der Waals surface area contributed by atoms with Crippen LogP contribution < -0.4 is 13.6 Å². The third-order valence-electron chi connectivity index (χ3n) is 9.30. The average Bonchev–Trinajstić information content (AvgIpc) is 3.29. The highest BCUT2D eigenvalue weighted by Crippen LogP contribution is 2.54. The molecule has 0 bridgehead atoms. The normalized spacial score (nSPS) is 11.9. The van der Waals surface area contributed by atoms with E-state index >= 15 is 4.57 Å². The van der Waals surface area contributed by atoms with E-state index in [1.807, 2.05) is 164 Å². The third-order valence-corrected chi connectivity index (χ3v) is 10.6. The molecule has 0 aliphatic rings. The number of fused-ring (bicyclic) bond motifs is 3. The predicted octanol–water partition coefficient (Wildman–Crippen LogP) is 16.0. The van der Waals surface area contributed by atoms with Crippen LogP contribution in [0.1, 0.15) is 0 Å². The van der Waals surface area contributed by atoms with Crippen molar-refractivity contribution in [2.75, 3.05) is 0 Å². The monoisotopic (exact) mass is 788 g/mol. The molecule has 59 heavy (non-hydrogen) atoms. The van der Waals surface area contributed by atoms with Gasteiger partial charge in [0.05, 0.1) is 34.1 Å². The van der Waals surface area contributed by atoms with Gasteiger partial charge in [0.25, 0.3) is 0 Å². The Morgan fingerprint density at radius 1 is 0.271 bits per heavy atom. The molecule has 0 aromatic heterocycles. The second kappa shape index (κ2) is 16.7. The molecule has 0 saturated heterocycles. The number of hydrogen-bond acceptors (Lipinski definition) is 10. The number of rotatable bonds is 12. The van der Waals surface area contributed by atoms with Gasteiger partial charge in [0.1, 0.15) is 17.2 Å². The van der Waals surface area contributed by atoms with Crippen molar-refractivity contribution in [2.24, 2.45) is 30.7 Å². The van der Waals surface area contributed by atoms with E-state index in [1.165, 1.54) is 0 Å². The summed E-state index contributed by atoms with van der Waals surface area (Å²) in [7, 11) is -4.60. The Labute approximate surface area is 339 Å². The maximum absolute atomic E-state index is 15.4. The van der Waals surface area contributed by atoms with Crippen molar-refractivity contribution >= 4 is 74.3 Å². The van der Waals surface area contributed by atoms with Crippen LogP contribution in [0.4, 0.5) is 34.1 Å². The predicted molar refractivity (Wildman–Crippen MR) is 233 cm³/mol. The Morgan fingerprint density at radius 3 is 0.814 bits per heavy atom. The maximum atomic E-state index is 15.4. The minimum Gasteiger partial charge on any atom is -0.385 e. The summed E-state index contributed by atoms with van der Waals surface area (Å²) in [5.74, 6) is 0.785. The van der Waals surface area contributed by atoms with Crippen molar-refractivity contribution < 1.29 is 18.1 Å². The molecular formula is C48H33N6O4P.